The average molecular weight is 360 g/mol. The second kappa shape index (κ2) is 11.7. The molecule has 0 spiro atoms. The van der Waals surface area contributed by atoms with Crippen LogP contribution in [0.1, 0.15) is 68.1 Å². The third-order valence-electron chi connectivity index (χ3n) is 4.96. The van der Waals surface area contributed by atoms with E-state index < -0.39 is 0 Å². The molecule has 0 saturated heterocycles. The molecule has 5 nitrogen and oxygen atoms in total. The topological polar surface area (TPSA) is 67.4 Å². The Labute approximate surface area is 156 Å². The van der Waals surface area contributed by atoms with Crippen LogP contribution in [0.25, 0.3) is 0 Å². The van der Waals surface area contributed by atoms with Crippen molar-refractivity contribution in [3.8, 4) is 5.75 Å². The van der Waals surface area contributed by atoms with Gasteiger partial charge >= 0.3 is 0 Å². The molecule has 0 radical (unpaired) electrons. The van der Waals surface area contributed by atoms with Crippen LogP contribution >= 0.6 is 0 Å². The van der Waals surface area contributed by atoms with Gasteiger partial charge in [0.15, 0.2) is 5.78 Å². The van der Waals surface area contributed by atoms with E-state index in [1.54, 1.807) is 31.4 Å². The number of carbonyl (C=O) groups is 2. The average Bonchev–Trinajstić information content (AvgIpc) is 2.94. The number of hydrogen-bond acceptors (Lipinski definition) is 4. The molecule has 0 aliphatic heterocycles. The molecular formula is C21H32N2O3. The fourth-order valence-corrected chi connectivity index (χ4v) is 3.38. The van der Waals surface area contributed by atoms with E-state index in [1.165, 1.54) is 38.5 Å². The van der Waals surface area contributed by atoms with E-state index in [2.05, 4.69) is 10.6 Å². The number of benzene rings is 1. The number of nitrogens with one attached hydrogen (secondary N) is 2. The first-order chi connectivity index (χ1) is 12.7. The molecule has 1 saturated carbocycles. The van der Waals surface area contributed by atoms with E-state index in [0.717, 1.165) is 12.3 Å². The summed E-state index contributed by atoms with van der Waals surface area (Å²) < 4.78 is 5.08. The molecule has 144 valence electrons. The number of amides is 1. The van der Waals surface area contributed by atoms with E-state index >= 15 is 0 Å². The molecule has 0 atom stereocenters. The third kappa shape index (κ3) is 7.56. The van der Waals surface area contributed by atoms with Crippen LogP contribution in [0, 0.1) is 0 Å². The highest BCUT2D eigenvalue weighted by molar-refractivity contribution is 5.96. The Kier molecular flexibility index (Phi) is 9.18. The van der Waals surface area contributed by atoms with Gasteiger partial charge in [0.2, 0.25) is 5.91 Å². The summed E-state index contributed by atoms with van der Waals surface area (Å²) in [5.74, 6) is 0.823. The van der Waals surface area contributed by atoms with Crippen LogP contribution in [0.3, 0.4) is 0 Å². The quantitative estimate of drug-likeness (QED) is 0.381. The van der Waals surface area contributed by atoms with Gasteiger partial charge in [0.1, 0.15) is 5.75 Å². The van der Waals surface area contributed by atoms with Crippen molar-refractivity contribution in [2.45, 2.75) is 63.8 Å². The van der Waals surface area contributed by atoms with E-state index in [1.807, 2.05) is 0 Å². The molecule has 1 aromatic carbocycles. The van der Waals surface area contributed by atoms with Crippen molar-refractivity contribution in [3.63, 3.8) is 0 Å². The van der Waals surface area contributed by atoms with Crippen molar-refractivity contribution >= 4 is 11.7 Å². The Morgan fingerprint density at radius 1 is 1.00 bits per heavy atom. The molecule has 1 aliphatic carbocycles. The third-order valence-corrected chi connectivity index (χ3v) is 4.96. The lowest BCUT2D eigenvalue weighted by Crippen LogP contribution is -2.36. The van der Waals surface area contributed by atoms with Gasteiger partial charge in [0.05, 0.1) is 7.11 Å². The zero-order valence-corrected chi connectivity index (χ0v) is 15.9. The van der Waals surface area contributed by atoms with Gasteiger partial charge in [-0.2, -0.15) is 0 Å². The Morgan fingerprint density at radius 3 is 2.35 bits per heavy atom. The van der Waals surface area contributed by atoms with Gasteiger partial charge in [0, 0.05) is 37.5 Å². The van der Waals surface area contributed by atoms with Crippen LogP contribution in [0.2, 0.25) is 0 Å². The summed E-state index contributed by atoms with van der Waals surface area (Å²) in [6.45, 7) is 1.48. The number of ether oxygens (including phenoxy) is 1. The minimum absolute atomic E-state index is 0.0233. The lowest BCUT2D eigenvalue weighted by Gasteiger charge is -2.16. The Hall–Kier alpha value is -1.88. The predicted molar refractivity (Wildman–Crippen MR) is 104 cm³/mol. The molecular weight excluding hydrogens is 328 g/mol. The summed E-state index contributed by atoms with van der Waals surface area (Å²) in [5.41, 5.74) is 0.666. The van der Waals surface area contributed by atoms with Gasteiger partial charge in [-0.05, 0) is 43.5 Å². The minimum atomic E-state index is 0.0233. The number of ketones is 1. The highest BCUT2D eigenvalue weighted by Crippen LogP contribution is 2.17. The molecule has 1 aliphatic rings. The maximum absolute atomic E-state index is 12.1. The van der Waals surface area contributed by atoms with Crippen molar-refractivity contribution < 1.29 is 14.3 Å². The Balaban J connectivity index is 1.54. The maximum atomic E-state index is 12.1. The van der Waals surface area contributed by atoms with Gasteiger partial charge in [-0.1, -0.05) is 25.7 Å². The Morgan fingerprint density at radius 2 is 1.69 bits per heavy atom. The fourth-order valence-electron chi connectivity index (χ4n) is 3.38. The van der Waals surface area contributed by atoms with Gasteiger partial charge in [-0.3, -0.25) is 9.59 Å². The van der Waals surface area contributed by atoms with E-state index in [0.29, 0.717) is 37.4 Å². The zero-order valence-electron chi connectivity index (χ0n) is 15.9. The molecule has 0 unspecified atom stereocenters. The molecule has 1 aromatic rings. The monoisotopic (exact) mass is 360 g/mol. The molecule has 0 bridgehead atoms. The second-order valence-electron chi connectivity index (χ2n) is 7.00. The molecule has 5 heteroatoms. The highest BCUT2D eigenvalue weighted by Gasteiger charge is 2.11. The van der Waals surface area contributed by atoms with Crippen LogP contribution < -0.4 is 15.4 Å². The minimum Gasteiger partial charge on any atom is -0.497 e. The molecule has 1 fully saturated rings. The van der Waals surface area contributed by atoms with Crippen LogP contribution in [-0.2, 0) is 4.79 Å². The fraction of sp³-hybridized carbons (Fsp3) is 0.619. The van der Waals surface area contributed by atoms with Gasteiger partial charge in [0.25, 0.3) is 0 Å². The van der Waals surface area contributed by atoms with Gasteiger partial charge in [-0.25, -0.2) is 0 Å². The first-order valence-electron chi connectivity index (χ1n) is 9.86. The second-order valence-corrected chi connectivity index (χ2v) is 7.00. The van der Waals surface area contributed by atoms with Gasteiger partial charge < -0.3 is 15.4 Å². The molecule has 2 rings (SSSR count). The van der Waals surface area contributed by atoms with Crippen LogP contribution in [-0.4, -0.2) is 37.9 Å². The summed E-state index contributed by atoms with van der Waals surface area (Å²) in [6.07, 6.45) is 9.19. The predicted octanol–water partition coefficient (Wildman–Crippen LogP) is 3.48. The molecule has 0 heterocycles. The number of rotatable bonds is 10. The van der Waals surface area contributed by atoms with Crippen molar-refractivity contribution in [3.05, 3.63) is 29.8 Å². The van der Waals surface area contributed by atoms with Crippen molar-refractivity contribution in [1.29, 1.82) is 0 Å². The SMILES string of the molecule is COc1ccc(C(=O)CCCC(=O)NCCNC2CCCCCC2)cc1. The summed E-state index contributed by atoms with van der Waals surface area (Å²) in [7, 11) is 1.60. The summed E-state index contributed by atoms with van der Waals surface area (Å²) >= 11 is 0. The first-order valence-corrected chi connectivity index (χ1v) is 9.86. The number of carbonyl (C=O) groups excluding carboxylic acids is 2. The van der Waals surface area contributed by atoms with E-state index in [4.69, 9.17) is 4.74 Å². The summed E-state index contributed by atoms with van der Waals surface area (Å²) in [4.78, 5) is 24.0. The van der Waals surface area contributed by atoms with E-state index in [9.17, 15) is 9.59 Å². The van der Waals surface area contributed by atoms with Crippen LogP contribution in [0.15, 0.2) is 24.3 Å². The van der Waals surface area contributed by atoms with Crippen molar-refractivity contribution in [2.24, 2.45) is 0 Å². The zero-order chi connectivity index (χ0) is 18.6. The van der Waals surface area contributed by atoms with E-state index in [-0.39, 0.29) is 11.7 Å². The normalized spacial score (nSPS) is 15.3. The molecule has 2 N–H and O–H groups in total. The molecule has 26 heavy (non-hydrogen) atoms. The highest BCUT2D eigenvalue weighted by atomic mass is 16.5. The molecule has 0 aromatic heterocycles. The van der Waals surface area contributed by atoms with Crippen molar-refractivity contribution in [2.75, 3.05) is 20.2 Å². The maximum Gasteiger partial charge on any atom is 0.220 e. The standard InChI is InChI=1S/C21H32N2O3/c1-26-19-13-11-17(12-14-19)20(24)9-6-10-21(25)23-16-15-22-18-7-4-2-3-5-8-18/h11-14,18,22H,2-10,15-16H2,1H3,(H,23,25). The summed E-state index contributed by atoms with van der Waals surface area (Å²) in [5, 5.41) is 6.48. The van der Waals surface area contributed by atoms with Crippen LogP contribution in [0.4, 0.5) is 0 Å². The largest absolute Gasteiger partial charge is 0.497 e. The first kappa shape index (κ1) is 20.4. The summed E-state index contributed by atoms with van der Waals surface area (Å²) in [6, 6.07) is 7.69. The molecule has 1 amide bonds. The lowest BCUT2D eigenvalue weighted by atomic mass is 10.1. The Bertz CT molecular complexity index is 549. The van der Waals surface area contributed by atoms with Gasteiger partial charge in [-0.15, -0.1) is 0 Å². The van der Waals surface area contributed by atoms with Crippen LogP contribution in [0.5, 0.6) is 5.75 Å². The smallest absolute Gasteiger partial charge is 0.220 e. The number of Topliss-reactive ketones (excluding diaryl/α,β-unsaturated/α-hetero) is 1. The number of methoxy groups -OCH3 is 1. The number of hydrogen-bond donors (Lipinski definition) is 2. The lowest BCUT2D eigenvalue weighted by molar-refractivity contribution is -0.121. The van der Waals surface area contributed by atoms with Crippen molar-refractivity contribution in [1.82, 2.24) is 10.6 Å².